The predicted molar refractivity (Wildman–Crippen MR) is 65.7 cm³/mol. The Labute approximate surface area is 92.0 Å². The van der Waals surface area contributed by atoms with Crippen LogP contribution in [-0.2, 0) is 0 Å². The van der Waals surface area contributed by atoms with Crippen LogP contribution in [0.2, 0.25) is 0 Å². The van der Waals surface area contributed by atoms with Crippen molar-refractivity contribution in [3.05, 3.63) is 41.5 Å². The zero-order valence-electron chi connectivity index (χ0n) is 9.15. The summed E-state index contributed by atoms with van der Waals surface area (Å²) in [7, 11) is 0. The summed E-state index contributed by atoms with van der Waals surface area (Å²) < 4.78 is 0. The van der Waals surface area contributed by atoms with Crippen LogP contribution < -0.4 is 5.73 Å². The van der Waals surface area contributed by atoms with E-state index in [2.05, 4.69) is 36.4 Å². The van der Waals surface area contributed by atoms with E-state index in [9.17, 15) is 0 Å². The lowest BCUT2D eigenvalue weighted by molar-refractivity contribution is 0.420. The van der Waals surface area contributed by atoms with Crippen molar-refractivity contribution in [2.75, 3.05) is 6.54 Å². The van der Waals surface area contributed by atoms with E-state index in [0.717, 1.165) is 18.9 Å². The zero-order valence-corrected chi connectivity index (χ0v) is 9.15. The van der Waals surface area contributed by atoms with Crippen LogP contribution in [0, 0.1) is 0 Å². The summed E-state index contributed by atoms with van der Waals surface area (Å²) in [5, 5.41) is 0. The molecule has 2 rings (SSSR count). The summed E-state index contributed by atoms with van der Waals surface area (Å²) in [6.07, 6.45) is 9.41. The fraction of sp³-hybridized carbons (Fsp3) is 0.429. The van der Waals surface area contributed by atoms with Crippen molar-refractivity contribution >= 4 is 6.08 Å². The molecule has 0 aliphatic heterocycles. The maximum Gasteiger partial charge on any atom is -0.00425 e. The Morgan fingerprint density at radius 1 is 1.20 bits per heavy atom. The highest BCUT2D eigenvalue weighted by Gasteiger charge is 2.18. The van der Waals surface area contributed by atoms with Gasteiger partial charge in [0.15, 0.2) is 0 Å². The SMILES string of the molecule is NCC/C=C/c1ccc(C2CCC2)cc1. The molecule has 0 unspecified atom stereocenters. The summed E-state index contributed by atoms with van der Waals surface area (Å²) in [5.41, 5.74) is 8.23. The number of benzene rings is 1. The molecule has 1 nitrogen and oxygen atoms in total. The molecule has 80 valence electrons. The van der Waals surface area contributed by atoms with Crippen molar-refractivity contribution in [3.8, 4) is 0 Å². The van der Waals surface area contributed by atoms with E-state index < -0.39 is 0 Å². The molecule has 0 spiro atoms. The van der Waals surface area contributed by atoms with E-state index in [1.54, 1.807) is 0 Å². The lowest BCUT2D eigenvalue weighted by Gasteiger charge is -2.25. The van der Waals surface area contributed by atoms with E-state index in [4.69, 9.17) is 5.73 Å². The van der Waals surface area contributed by atoms with Gasteiger partial charge < -0.3 is 5.73 Å². The standard InChI is InChI=1S/C14H19N/c15-11-2-1-4-12-7-9-14(10-8-12)13-5-3-6-13/h1,4,7-10,13H,2-3,5-6,11,15H2/b4-1+. The van der Waals surface area contributed by atoms with Gasteiger partial charge in [-0.15, -0.1) is 0 Å². The van der Waals surface area contributed by atoms with Gasteiger partial charge in [0.25, 0.3) is 0 Å². The first-order chi connectivity index (χ1) is 7.40. The number of hydrogen-bond acceptors (Lipinski definition) is 1. The van der Waals surface area contributed by atoms with Gasteiger partial charge >= 0.3 is 0 Å². The summed E-state index contributed by atoms with van der Waals surface area (Å²) >= 11 is 0. The first-order valence-corrected chi connectivity index (χ1v) is 5.87. The van der Waals surface area contributed by atoms with E-state index in [1.165, 1.54) is 30.4 Å². The van der Waals surface area contributed by atoms with E-state index in [1.807, 2.05) is 0 Å². The average Bonchev–Trinajstić information content (AvgIpc) is 2.18. The van der Waals surface area contributed by atoms with Crippen molar-refractivity contribution in [2.24, 2.45) is 5.73 Å². The van der Waals surface area contributed by atoms with Crippen LogP contribution in [0.15, 0.2) is 30.3 Å². The molecule has 1 heteroatoms. The molecule has 1 fully saturated rings. The maximum absolute atomic E-state index is 5.43. The molecule has 1 aliphatic carbocycles. The highest BCUT2D eigenvalue weighted by molar-refractivity contribution is 5.49. The molecule has 0 saturated heterocycles. The van der Waals surface area contributed by atoms with Crippen molar-refractivity contribution in [2.45, 2.75) is 31.6 Å². The Balaban J connectivity index is 1.97. The minimum Gasteiger partial charge on any atom is -0.330 e. The third kappa shape index (κ3) is 2.69. The second kappa shape index (κ2) is 5.13. The Morgan fingerprint density at radius 2 is 1.93 bits per heavy atom. The second-order valence-electron chi connectivity index (χ2n) is 4.27. The van der Waals surface area contributed by atoms with Crippen LogP contribution in [0.3, 0.4) is 0 Å². The van der Waals surface area contributed by atoms with Gasteiger partial charge in [-0.2, -0.15) is 0 Å². The van der Waals surface area contributed by atoms with Gasteiger partial charge in [-0.25, -0.2) is 0 Å². The molecule has 0 heterocycles. The van der Waals surface area contributed by atoms with Crippen molar-refractivity contribution < 1.29 is 0 Å². The van der Waals surface area contributed by atoms with Gasteiger partial charge in [0.05, 0.1) is 0 Å². The van der Waals surface area contributed by atoms with Gasteiger partial charge in [0.1, 0.15) is 0 Å². The quantitative estimate of drug-likeness (QED) is 0.794. The lowest BCUT2D eigenvalue weighted by atomic mass is 9.80. The molecule has 2 N–H and O–H groups in total. The summed E-state index contributed by atoms with van der Waals surface area (Å²) in [6.45, 7) is 0.733. The normalized spacial score (nSPS) is 16.9. The molecule has 0 atom stereocenters. The number of hydrogen-bond donors (Lipinski definition) is 1. The van der Waals surface area contributed by atoms with E-state index in [0.29, 0.717) is 0 Å². The van der Waals surface area contributed by atoms with Gasteiger partial charge in [-0.05, 0) is 42.9 Å². The topological polar surface area (TPSA) is 26.0 Å². The highest BCUT2D eigenvalue weighted by atomic mass is 14.5. The molecular formula is C14H19N. The Bertz CT molecular complexity index is 320. The van der Waals surface area contributed by atoms with Crippen molar-refractivity contribution in [3.63, 3.8) is 0 Å². The smallest absolute Gasteiger partial charge is 0.00425 e. The lowest BCUT2D eigenvalue weighted by Crippen LogP contribution is -2.08. The summed E-state index contributed by atoms with van der Waals surface area (Å²) in [5.74, 6) is 0.840. The van der Waals surface area contributed by atoms with E-state index in [-0.39, 0.29) is 0 Å². The monoisotopic (exact) mass is 201 g/mol. The van der Waals surface area contributed by atoms with Crippen LogP contribution in [0.4, 0.5) is 0 Å². The molecule has 15 heavy (non-hydrogen) atoms. The summed E-state index contributed by atoms with van der Waals surface area (Å²) in [6, 6.07) is 8.96. The van der Waals surface area contributed by atoms with E-state index >= 15 is 0 Å². The predicted octanol–water partition coefficient (Wildman–Crippen LogP) is 3.32. The Kier molecular flexibility index (Phi) is 3.57. The van der Waals surface area contributed by atoms with Gasteiger partial charge in [0, 0.05) is 0 Å². The summed E-state index contributed by atoms with van der Waals surface area (Å²) in [4.78, 5) is 0. The van der Waals surface area contributed by atoms with Crippen LogP contribution in [0.1, 0.15) is 42.7 Å². The second-order valence-corrected chi connectivity index (χ2v) is 4.27. The molecule has 1 aromatic carbocycles. The molecule has 1 aliphatic rings. The molecule has 1 aromatic rings. The molecule has 0 bridgehead atoms. The molecule has 0 amide bonds. The van der Waals surface area contributed by atoms with Gasteiger partial charge in [-0.3, -0.25) is 0 Å². The van der Waals surface area contributed by atoms with Crippen molar-refractivity contribution in [1.82, 2.24) is 0 Å². The zero-order chi connectivity index (χ0) is 10.5. The average molecular weight is 201 g/mol. The molecule has 0 radical (unpaired) electrons. The third-order valence-corrected chi connectivity index (χ3v) is 3.16. The minimum atomic E-state index is 0.733. The fourth-order valence-electron chi connectivity index (χ4n) is 1.94. The molecule has 0 aromatic heterocycles. The van der Waals surface area contributed by atoms with Gasteiger partial charge in [0.2, 0.25) is 0 Å². The number of rotatable bonds is 4. The largest absolute Gasteiger partial charge is 0.330 e. The Morgan fingerprint density at radius 3 is 2.47 bits per heavy atom. The highest BCUT2D eigenvalue weighted by Crippen LogP contribution is 2.36. The van der Waals surface area contributed by atoms with Crippen molar-refractivity contribution in [1.29, 1.82) is 0 Å². The molecular weight excluding hydrogens is 182 g/mol. The van der Waals surface area contributed by atoms with Crippen LogP contribution in [0.5, 0.6) is 0 Å². The van der Waals surface area contributed by atoms with Gasteiger partial charge in [-0.1, -0.05) is 42.8 Å². The van der Waals surface area contributed by atoms with Crippen LogP contribution in [0.25, 0.3) is 6.08 Å². The first kappa shape index (κ1) is 10.4. The molecule has 1 saturated carbocycles. The van der Waals surface area contributed by atoms with Crippen LogP contribution >= 0.6 is 0 Å². The third-order valence-electron chi connectivity index (χ3n) is 3.16. The Hall–Kier alpha value is -1.08. The first-order valence-electron chi connectivity index (χ1n) is 5.87. The maximum atomic E-state index is 5.43. The fourth-order valence-corrected chi connectivity index (χ4v) is 1.94. The van der Waals surface area contributed by atoms with Crippen LogP contribution in [-0.4, -0.2) is 6.54 Å². The number of nitrogens with two attached hydrogens (primary N) is 1. The minimum absolute atomic E-state index is 0.733.